The lowest BCUT2D eigenvalue weighted by Gasteiger charge is -2.30. The monoisotopic (exact) mass is 273 g/mol. The van der Waals surface area contributed by atoms with Crippen molar-refractivity contribution in [1.29, 1.82) is 0 Å². The number of alkyl halides is 4. The molecule has 1 heterocycles. The molecule has 0 saturated carbocycles. The molecule has 1 saturated heterocycles. The molecule has 17 heavy (non-hydrogen) atoms. The van der Waals surface area contributed by atoms with Gasteiger partial charge in [0, 0.05) is 32.5 Å². The fourth-order valence-corrected chi connectivity index (χ4v) is 2.19. The number of carbonyl (C=O) groups is 1. The first kappa shape index (κ1) is 14.6. The van der Waals surface area contributed by atoms with E-state index in [0.717, 1.165) is 0 Å². The Labute approximate surface area is 103 Å². The predicted molar refractivity (Wildman–Crippen MR) is 56.9 cm³/mol. The molecule has 0 spiro atoms. The van der Waals surface area contributed by atoms with Gasteiger partial charge in [-0.3, -0.25) is 4.79 Å². The van der Waals surface area contributed by atoms with Gasteiger partial charge in [-0.25, -0.2) is 0 Å². The molecule has 0 aromatic heterocycles. The highest BCUT2D eigenvalue weighted by atomic mass is 35.5. The summed E-state index contributed by atoms with van der Waals surface area (Å²) < 4.78 is 43.6. The Hall–Kier alpha value is -0.490. The van der Waals surface area contributed by atoms with E-state index in [1.54, 1.807) is 0 Å². The average molecular weight is 274 g/mol. The molecule has 0 unspecified atom stereocenters. The lowest BCUT2D eigenvalue weighted by atomic mass is 9.87. The molecule has 3 nitrogen and oxygen atoms in total. The molecule has 1 rings (SSSR count). The second-order valence-electron chi connectivity index (χ2n) is 4.22. The maximum atomic E-state index is 13.0. The normalized spacial score (nSPS) is 25.4. The molecular weight excluding hydrogens is 259 g/mol. The first-order valence-corrected chi connectivity index (χ1v) is 5.79. The van der Waals surface area contributed by atoms with E-state index in [4.69, 9.17) is 11.6 Å². The summed E-state index contributed by atoms with van der Waals surface area (Å²) in [6, 6.07) is 0. The third-order valence-corrected chi connectivity index (χ3v) is 3.23. The molecule has 0 N–H and O–H groups in total. The van der Waals surface area contributed by atoms with Gasteiger partial charge in [0.1, 0.15) is 5.41 Å². The van der Waals surface area contributed by atoms with Gasteiger partial charge in [-0.15, -0.1) is 11.6 Å². The van der Waals surface area contributed by atoms with Crippen LogP contribution < -0.4 is 0 Å². The predicted octanol–water partition coefficient (Wildman–Crippen LogP) is 2.04. The van der Waals surface area contributed by atoms with Crippen molar-refractivity contribution in [2.45, 2.75) is 19.0 Å². The molecule has 1 atom stereocenters. The molecule has 1 amide bonds. The van der Waals surface area contributed by atoms with Gasteiger partial charge in [-0.05, 0) is 6.42 Å². The maximum absolute atomic E-state index is 13.0. The van der Waals surface area contributed by atoms with Crippen molar-refractivity contribution in [2.75, 3.05) is 32.7 Å². The fraction of sp³-hybridized carbons (Fsp3) is 0.900. The van der Waals surface area contributed by atoms with Gasteiger partial charge in [0.15, 0.2) is 0 Å². The zero-order chi connectivity index (χ0) is 13.1. The number of ether oxygens (including phenoxy) is 1. The van der Waals surface area contributed by atoms with E-state index >= 15 is 0 Å². The highest BCUT2D eigenvalue weighted by molar-refractivity contribution is 6.18. The molecule has 1 fully saturated rings. The number of amides is 1. The largest absolute Gasteiger partial charge is 0.398 e. The van der Waals surface area contributed by atoms with Gasteiger partial charge >= 0.3 is 6.18 Å². The van der Waals surface area contributed by atoms with Crippen LogP contribution in [-0.2, 0) is 9.53 Å². The zero-order valence-corrected chi connectivity index (χ0v) is 10.3. The van der Waals surface area contributed by atoms with Crippen molar-refractivity contribution >= 4 is 17.5 Å². The van der Waals surface area contributed by atoms with Gasteiger partial charge < -0.3 is 9.64 Å². The van der Waals surface area contributed by atoms with Crippen molar-refractivity contribution in [3.8, 4) is 0 Å². The summed E-state index contributed by atoms with van der Waals surface area (Å²) in [7, 11) is 1.23. The van der Waals surface area contributed by atoms with Crippen LogP contribution in [0.1, 0.15) is 12.8 Å². The summed E-state index contributed by atoms with van der Waals surface area (Å²) in [6.07, 6.45) is -4.40. The SMILES string of the molecule is COC[C@@]1(C(F)(F)F)CCN(C(=O)CCCl)C1. The van der Waals surface area contributed by atoms with E-state index in [9.17, 15) is 18.0 Å². The standard InChI is InChI=1S/C10H15ClF3NO2/c1-17-7-9(10(12,13)14)3-5-15(6-9)8(16)2-4-11/h2-7H2,1H3/t9-/m1/s1. The van der Waals surface area contributed by atoms with Crippen LogP contribution in [-0.4, -0.2) is 49.7 Å². The van der Waals surface area contributed by atoms with E-state index in [1.165, 1.54) is 12.0 Å². The van der Waals surface area contributed by atoms with E-state index < -0.39 is 18.2 Å². The quantitative estimate of drug-likeness (QED) is 0.734. The van der Waals surface area contributed by atoms with Crippen molar-refractivity contribution < 1.29 is 22.7 Å². The minimum absolute atomic E-state index is 0.0719. The molecular formula is C10H15ClF3NO2. The Morgan fingerprint density at radius 1 is 1.53 bits per heavy atom. The minimum atomic E-state index is -4.36. The number of nitrogens with zero attached hydrogens (tertiary/aromatic N) is 1. The number of hydrogen-bond acceptors (Lipinski definition) is 2. The molecule has 7 heteroatoms. The maximum Gasteiger partial charge on any atom is 0.398 e. The Kier molecular flexibility index (Phi) is 4.66. The Balaban J connectivity index is 2.75. The number of carbonyl (C=O) groups excluding carboxylic acids is 1. The smallest absolute Gasteiger partial charge is 0.384 e. The minimum Gasteiger partial charge on any atom is -0.384 e. The van der Waals surface area contributed by atoms with Crippen molar-refractivity contribution in [3.05, 3.63) is 0 Å². The van der Waals surface area contributed by atoms with Crippen LogP contribution in [0, 0.1) is 5.41 Å². The molecule has 100 valence electrons. The van der Waals surface area contributed by atoms with Crippen LogP contribution >= 0.6 is 11.6 Å². The summed E-state index contributed by atoms with van der Waals surface area (Å²) in [5, 5.41) is 0. The molecule has 0 aromatic rings. The number of methoxy groups -OCH3 is 1. The molecule has 0 bridgehead atoms. The van der Waals surface area contributed by atoms with Crippen LogP contribution in [0.3, 0.4) is 0 Å². The lowest BCUT2D eigenvalue weighted by Crippen LogP contribution is -2.45. The number of hydrogen-bond donors (Lipinski definition) is 0. The average Bonchev–Trinajstić information content (AvgIpc) is 2.63. The Bertz CT molecular complexity index is 285. The number of halogens is 4. The van der Waals surface area contributed by atoms with Gasteiger partial charge in [0.25, 0.3) is 0 Å². The zero-order valence-electron chi connectivity index (χ0n) is 9.52. The number of likely N-dealkylation sites (tertiary alicyclic amines) is 1. The van der Waals surface area contributed by atoms with Crippen LogP contribution in [0.5, 0.6) is 0 Å². The molecule has 1 aliphatic rings. The van der Waals surface area contributed by atoms with Crippen molar-refractivity contribution in [2.24, 2.45) is 5.41 Å². The van der Waals surface area contributed by atoms with Gasteiger partial charge in [0.2, 0.25) is 5.91 Å². The summed E-state index contributed by atoms with van der Waals surface area (Å²) in [4.78, 5) is 12.7. The fourth-order valence-electron chi connectivity index (χ4n) is 2.03. The first-order valence-electron chi connectivity index (χ1n) is 5.26. The lowest BCUT2D eigenvalue weighted by molar-refractivity contribution is -0.232. The van der Waals surface area contributed by atoms with E-state index in [1.807, 2.05) is 0 Å². The highest BCUT2D eigenvalue weighted by Gasteiger charge is 2.58. The van der Waals surface area contributed by atoms with Crippen LogP contribution in [0.4, 0.5) is 13.2 Å². The summed E-state index contributed by atoms with van der Waals surface area (Å²) in [5.74, 6) is -0.208. The number of rotatable bonds is 4. The van der Waals surface area contributed by atoms with E-state index in [-0.39, 0.29) is 37.7 Å². The van der Waals surface area contributed by atoms with Crippen LogP contribution in [0.15, 0.2) is 0 Å². The molecule has 1 aliphatic heterocycles. The highest BCUT2D eigenvalue weighted by Crippen LogP contribution is 2.45. The first-order chi connectivity index (χ1) is 7.86. The van der Waals surface area contributed by atoms with Crippen molar-refractivity contribution in [3.63, 3.8) is 0 Å². The molecule has 0 aliphatic carbocycles. The molecule has 0 aromatic carbocycles. The Morgan fingerprint density at radius 3 is 2.65 bits per heavy atom. The van der Waals surface area contributed by atoms with Crippen LogP contribution in [0.25, 0.3) is 0 Å². The third kappa shape index (κ3) is 3.04. The van der Waals surface area contributed by atoms with Gasteiger partial charge in [-0.1, -0.05) is 0 Å². The van der Waals surface area contributed by atoms with E-state index in [0.29, 0.717) is 0 Å². The van der Waals surface area contributed by atoms with Gasteiger partial charge in [0.05, 0.1) is 6.61 Å². The molecule has 0 radical (unpaired) electrons. The topological polar surface area (TPSA) is 29.5 Å². The summed E-state index contributed by atoms with van der Waals surface area (Å²) >= 11 is 5.40. The Morgan fingerprint density at radius 2 is 2.18 bits per heavy atom. The van der Waals surface area contributed by atoms with Crippen LogP contribution in [0.2, 0.25) is 0 Å². The third-order valence-electron chi connectivity index (χ3n) is 3.04. The van der Waals surface area contributed by atoms with E-state index in [2.05, 4.69) is 4.74 Å². The van der Waals surface area contributed by atoms with Crippen molar-refractivity contribution in [1.82, 2.24) is 4.90 Å². The van der Waals surface area contributed by atoms with Gasteiger partial charge in [-0.2, -0.15) is 13.2 Å². The second kappa shape index (κ2) is 5.44. The summed E-state index contributed by atoms with van der Waals surface area (Å²) in [6.45, 7) is -0.639. The second-order valence-corrected chi connectivity index (χ2v) is 4.59. The summed E-state index contributed by atoms with van der Waals surface area (Å²) in [5.41, 5.74) is -1.93.